The van der Waals surface area contributed by atoms with Crippen molar-refractivity contribution in [3.05, 3.63) is 0 Å². The molecule has 0 bridgehead atoms. The quantitative estimate of drug-likeness (QED) is 0.729. The number of ether oxygens (including phenoxy) is 1. The molecule has 90 valence electrons. The third kappa shape index (κ3) is 2.96. The number of nitriles is 1. The number of hydrogen-bond acceptors (Lipinski definition) is 4. The fourth-order valence-corrected chi connectivity index (χ4v) is 4.57. The van der Waals surface area contributed by atoms with Crippen LogP contribution >= 0.6 is 0 Å². The van der Waals surface area contributed by atoms with Crippen LogP contribution in [-0.4, -0.2) is 32.6 Å². The maximum absolute atomic E-state index is 11.9. The Morgan fingerprint density at radius 1 is 1.44 bits per heavy atom. The Bertz CT molecular complexity index is 386. The molecule has 0 spiro atoms. The molecule has 0 N–H and O–H groups in total. The third-order valence-corrected chi connectivity index (χ3v) is 5.33. The third-order valence-electron chi connectivity index (χ3n) is 3.40. The Labute approximate surface area is 96.5 Å². The normalized spacial score (nSPS) is 27.6. The van der Waals surface area contributed by atoms with Crippen LogP contribution in [0.25, 0.3) is 0 Å². The van der Waals surface area contributed by atoms with Crippen LogP contribution < -0.4 is 0 Å². The lowest BCUT2D eigenvalue weighted by Crippen LogP contribution is -2.26. The monoisotopic (exact) mass is 243 g/mol. The Kier molecular flexibility index (Phi) is 3.22. The number of rotatable bonds is 5. The molecule has 1 unspecified atom stereocenters. The maximum atomic E-state index is 11.9. The highest BCUT2D eigenvalue weighted by Crippen LogP contribution is 2.49. The van der Waals surface area contributed by atoms with Gasteiger partial charge in [-0.15, -0.1) is 0 Å². The minimum Gasteiger partial charge on any atom is -0.377 e. The summed E-state index contributed by atoms with van der Waals surface area (Å²) < 4.78 is 29.2. The topological polar surface area (TPSA) is 67.2 Å². The average Bonchev–Trinajstić information content (AvgIpc) is 2.74. The number of hydrogen-bond donors (Lipinski definition) is 0. The zero-order valence-corrected chi connectivity index (χ0v) is 10.1. The summed E-state index contributed by atoms with van der Waals surface area (Å²) in [7, 11) is -3.06. The van der Waals surface area contributed by atoms with Crippen molar-refractivity contribution >= 4 is 9.84 Å². The molecule has 4 nitrogen and oxygen atoms in total. The van der Waals surface area contributed by atoms with Crippen LogP contribution in [0.3, 0.4) is 0 Å². The molecule has 1 heterocycles. The molecule has 1 saturated carbocycles. The SMILES string of the molecule is N#CCC1(CS(=O)(=O)CC2CCCO2)CC1. The van der Waals surface area contributed by atoms with Crippen molar-refractivity contribution in [2.75, 3.05) is 18.1 Å². The van der Waals surface area contributed by atoms with Crippen LogP contribution in [0.2, 0.25) is 0 Å². The van der Waals surface area contributed by atoms with Crippen LogP contribution in [0.15, 0.2) is 0 Å². The smallest absolute Gasteiger partial charge is 0.153 e. The first-order chi connectivity index (χ1) is 7.55. The Hall–Kier alpha value is -0.600. The fourth-order valence-electron chi connectivity index (χ4n) is 2.30. The van der Waals surface area contributed by atoms with Crippen LogP contribution in [0.1, 0.15) is 32.1 Å². The Balaban J connectivity index is 1.90. The van der Waals surface area contributed by atoms with Gasteiger partial charge in [-0.2, -0.15) is 5.26 Å². The van der Waals surface area contributed by atoms with E-state index in [2.05, 4.69) is 6.07 Å². The molecular formula is C11H17NO3S. The van der Waals surface area contributed by atoms with Crippen LogP contribution in [0.4, 0.5) is 0 Å². The van der Waals surface area contributed by atoms with E-state index in [0.29, 0.717) is 13.0 Å². The highest BCUT2D eigenvalue weighted by atomic mass is 32.2. The van der Waals surface area contributed by atoms with Gasteiger partial charge in [-0.05, 0) is 31.1 Å². The summed E-state index contributed by atoms with van der Waals surface area (Å²) in [5, 5.41) is 8.65. The van der Waals surface area contributed by atoms with Gasteiger partial charge in [0.25, 0.3) is 0 Å². The second kappa shape index (κ2) is 4.34. The molecule has 1 atom stereocenters. The van der Waals surface area contributed by atoms with Gasteiger partial charge >= 0.3 is 0 Å². The van der Waals surface area contributed by atoms with Crippen LogP contribution in [0.5, 0.6) is 0 Å². The molecule has 2 fully saturated rings. The highest BCUT2D eigenvalue weighted by molar-refractivity contribution is 7.91. The first-order valence-corrected chi connectivity index (χ1v) is 7.56. The van der Waals surface area contributed by atoms with E-state index in [0.717, 1.165) is 25.7 Å². The van der Waals surface area contributed by atoms with Crippen molar-refractivity contribution in [1.29, 1.82) is 5.26 Å². The summed E-state index contributed by atoms with van der Waals surface area (Å²) in [6.45, 7) is 0.684. The van der Waals surface area contributed by atoms with E-state index in [-0.39, 0.29) is 23.0 Å². The standard InChI is InChI=1S/C11H17NO3S/c12-6-5-11(3-4-11)9-16(13,14)8-10-2-1-7-15-10/h10H,1-5,7-9H2. The summed E-state index contributed by atoms with van der Waals surface area (Å²) in [5.74, 6) is 0.313. The van der Waals surface area contributed by atoms with E-state index < -0.39 is 9.84 Å². The van der Waals surface area contributed by atoms with Gasteiger partial charge in [0, 0.05) is 13.0 Å². The molecule has 0 radical (unpaired) electrons. The first kappa shape index (κ1) is 11.9. The lowest BCUT2D eigenvalue weighted by atomic mass is 10.1. The van der Waals surface area contributed by atoms with Gasteiger partial charge in [0.15, 0.2) is 9.84 Å². The zero-order valence-electron chi connectivity index (χ0n) is 9.31. The van der Waals surface area contributed by atoms with E-state index in [1.165, 1.54) is 0 Å². The summed E-state index contributed by atoms with van der Waals surface area (Å²) in [6, 6.07) is 2.09. The average molecular weight is 243 g/mol. The van der Waals surface area contributed by atoms with E-state index in [1.807, 2.05) is 0 Å². The van der Waals surface area contributed by atoms with E-state index in [4.69, 9.17) is 10.00 Å². The molecule has 0 aromatic rings. The van der Waals surface area contributed by atoms with Gasteiger partial charge in [0.05, 0.1) is 23.7 Å². The predicted molar refractivity (Wildman–Crippen MR) is 59.5 cm³/mol. The minimum atomic E-state index is -3.06. The molecule has 2 rings (SSSR count). The Morgan fingerprint density at radius 3 is 2.69 bits per heavy atom. The molecule has 1 saturated heterocycles. The van der Waals surface area contributed by atoms with Gasteiger partial charge in [-0.1, -0.05) is 0 Å². The molecule has 0 amide bonds. The fraction of sp³-hybridized carbons (Fsp3) is 0.909. The molecule has 5 heteroatoms. The minimum absolute atomic E-state index is 0.108. The van der Waals surface area contributed by atoms with Crippen molar-refractivity contribution in [3.8, 4) is 6.07 Å². The molecule has 1 aliphatic heterocycles. The summed E-state index contributed by atoms with van der Waals surface area (Å²) in [4.78, 5) is 0. The summed E-state index contributed by atoms with van der Waals surface area (Å²) >= 11 is 0. The molecule has 0 aromatic carbocycles. The van der Waals surface area contributed by atoms with Gasteiger partial charge < -0.3 is 4.74 Å². The number of sulfone groups is 1. The van der Waals surface area contributed by atoms with Crippen molar-refractivity contribution in [3.63, 3.8) is 0 Å². The van der Waals surface area contributed by atoms with Crippen LogP contribution in [-0.2, 0) is 14.6 Å². The second-order valence-electron chi connectivity index (χ2n) is 5.02. The maximum Gasteiger partial charge on any atom is 0.153 e. The van der Waals surface area contributed by atoms with Gasteiger partial charge in [0.1, 0.15) is 0 Å². The highest BCUT2D eigenvalue weighted by Gasteiger charge is 2.46. The zero-order chi connectivity index (χ0) is 11.6. The molecule has 16 heavy (non-hydrogen) atoms. The molecule has 2 aliphatic rings. The van der Waals surface area contributed by atoms with E-state index in [1.54, 1.807) is 0 Å². The summed E-state index contributed by atoms with van der Waals surface area (Å²) in [6.07, 6.45) is 3.84. The lowest BCUT2D eigenvalue weighted by Gasteiger charge is -2.14. The molecule has 1 aliphatic carbocycles. The van der Waals surface area contributed by atoms with E-state index in [9.17, 15) is 8.42 Å². The Morgan fingerprint density at radius 2 is 2.19 bits per heavy atom. The van der Waals surface area contributed by atoms with Crippen LogP contribution in [0, 0.1) is 16.7 Å². The second-order valence-corrected chi connectivity index (χ2v) is 7.13. The number of nitrogens with zero attached hydrogens (tertiary/aromatic N) is 1. The summed E-state index contributed by atoms with van der Waals surface area (Å²) in [5.41, 5.74) is -0.216. The van der Waals surface area contributed by atoms with Gasteiger partial charge in [-0.3, -0.25) is 0 Å². The van der Waals surface area contributed by atoms with E-state index >= 15 is 0 Å². The lowest BCUT2D eigenvalue weighted by molar-refractivity contribution is 0.127. The molecular weight excluding hydrogens is 226 g/mol. The van der Waals surface area contributed by atoms with Crippen molar-refractivity contribution in [2.45, 2.75) is 38.2 Å². The van der Waals surface area contributed by atoms with Crippen molar-refractivity contribution in [2.24, 2.45) is 5.41 Å². The predicted octanol–water partition coefficient (Wildman–Crippen LogP) is 1.27. The largest absolute Gasteiger partial charge is 0.377 e. The van der Waals surface area contributed by atoms with Gasteiger partial charge in [-0.25, -0.2) is 8.42 Å². The van der Waals surface area contributed by atoms with Gasteiger partial charge in [0.2, 0.25) is 0 Å². The van der Waals surface area contributed by atoms with Crippen molar-refractivity contribution < 1.29 is 13.2 Å². The first-order valence-electron chi connectivity index (χ1n) is 5.74. The van der Waals surface area contributed by atoms with Crippen molar-refractivity contribution in [1.82, 2.24) is 0 Å². The molecule has 0 aromatic heterocycles.